The summed E-state index contributed by atoms with van der Waals surface area (Å²) < 4.78 is 18.7. The molecular formula is C8H21ClN2O5P+. The SMILES string of the molecule is C1COCCN1.C1COCCN1.Cl.O=[P+](O)O. The smallest absolute Gasteiger partial charge is 0.379 e. The minimum atomic E-state index is -2.87. The molecule has 0 atom stereocenters. The van der Waals surface area contributed by atoms with Crippen molar-refractivity contribution >= 4 is 20.7 Å². The molecule has 2 rings (SSSR count). The van der Waals surface area contributed by atoms with Gasteiger partial charge < -0.3 is 20.1 Å². The van der Waals surface area contributed by atoms with E-state index in [1.807, 2.05) is 0 Å². The van der Waals surface area contributed by atoms with Gasteiger partial charge in [0.2, 0.25) is 0 Å². The molecule has 104 valence electrons. The molecule has 0 unspecified atom stereocenters. The molecule has 2 fully saturated rings. The third-order valence-corrected chi connectivity index (χ3v) is 1.69. The van der Waals surface area contributed by atoms with E-state index in [1.54, 1.807) is 0 Å². The third kappa shape index (κ3) is 21.9. The molecule has 0 radical (unpaired) electrons. The van der Waals surface area contributed by atoms with Gasteiger partial charge in [0, 0.05) is 30.7 Å². The summed E-state index contributed by atoms with van der Waals surface area (Å²) >= 11 is 0. The Morgan fingerprint density at radius 3 is 1.12 bits per heavy atom. The largest absolute Gasteiger partial charge is 0.692 e. The van der Waals surface area contributed by atoms with Gasteiger partial charge in [-0.1, -0.05) is 0 Å². The van der Waals surface area contributed by atoms with Crippen LogP contribution in [0.3, 0.4) is 0 Å². The fourth-order valence-electron chi connectivity index (χ4n) is 1.03. The maximum absolute atomic E-state index is 8.70. The highest BCUT2D eigenvalue weighted by Gasteiger charge is 1.93. The molecule has 0 aromatic carbocycles. The first-order valence-electron chi connectivity index (χ1n) is 5.15. The van der Waals surface area contributed by atoms with Crippen molar-refractivity contribution in [3.8, 4) is 0 Å². The lowest BCUT2D eigenvalue weighted by molar-refractivity contribution is 0.109. The van der Waals surface area contributed by atoms with Crippen molar-refractivity contribution in [1.29, 1.82) is 0 Å². The van der Waals surface area contributed by atoms with Crippen LogP contribution >= 0.6 is 20.7 Å². The zero-order chi connectivity index (χ0) is 12.1. The lowest BCUT2D eigenvalue weighted by Crippen LogP contribution is -2.30. The predicted molar refractivity (Wildman–Crippen MR) is 66.7 cm³/mol. The number of halogens is 1. The summed E-state index contributed by atoms with van der Waals surface area (Å²) in [5.41, 5.74) is 0. The monoisotopic (exact) mass is 291 g/mol. The Hall–Kier alpha value is 0.150. The van der Waals surface area contributed by atoms with Crippen LogP contribution in [0.2, 0.25) is 0 Å². The van der Waals surface area contributed by atoms with Gasteiger partial charge in [-0.05, 0) is 0 Å². The van der Waals surface area contributed by atoms with Crippen molar-refractivity contribution in [3.63, 3.8) is 0 Å². The van der Waals surface area contributed by atoms with E-state index in [2.05, 4.69) is 10.6 Å². The molecule has 17 heavy (non-hydrogen) atoms. The molecule has 2 aliphatic heterocycles. The number of hydrogen-bond acceptors (Lipinski definition) is 5. The van der Waals surface area contributed by atoms with Crippen molar-refractivity contribution in [3.05, 3.63) is 0 Å². The Morgan fingerprint density at radius 2 is 1.06 bits per heavy atom. The highest BCUT2D eigenvalue weighted by Crippen LogP contribution is 1.98. The number of hydrogen-bond donors (Lipinski definition) is 4. The van der Waals surface area contributed by atoms with Gasteiger partial charge in [-0.3, -0.25) is 0 Å². The molecule has 0 saturated carbocycles. The Labute approximate surface area is 108 Å². The van der Waals surface area contributed by atoms with Gasteiger partial charge in [-0.15, -0.1) is 22.2 Å². The van der Waals surface area contributed by atoms with Gasteiger partial charge in [0.25, 0.3) is 0 Å². The summed E-state index contributed by atoms with van der Waals surface area (Å²) in [6.07, 6.45) is 0. The van der Waals surface area contributed by atoms with Gasteiger partial charge in [0.05, 0.1) is 26.4 Å². The van der Waals surface area contributed by atoms with E-state index in [4.69, 9.17) is 23.8 Å². The zero-order valence-corrected chi connectivity index (χ0v) is 11.3. The van der Waals surface area contributed by atoms with Crippen LogP contribution in [0.25, 0.3) is 0 Å². The van der Waals surface area contributed by atoms with Crippen molar-refractivity contribution in [2.45, 2.75) is 0 Å². The van der Waals surface area contributed by atoms with E-state index >= 15 is 0 Å². The molecule has 4 N–H and O–H groups in total. The Balaban J connectivity index is 0. The maximum Gasteiger partial charge on any atom is 0.692 e. The average Bonchev–Trinajstić information content (AvgIpc) is 2.34. The summed E-state index contributed by atoms with van der Waals surface area (Å²) in [6, 6.07) is 0. The molecule has 2 aliphatic rings. The molecule has 2 heterocycles. The Bertz CT molecular complexity index is 131. The minimum Gasteiger partial charge on any atom is -0.379 e. The lowest BCUT2D eigenvalue weighted by Gasteiger charge is -2.10. The minimum absolute atomic E-state index is 0. The summed E-state index contributed by atoms with van der Waals surface area (Å²) in [4.78, 5) is 14.2. The van der Waals surface area contributed by atoms with Gasteiger partial charge in [0.1, 0.15) is 0 Å². The zero-order valence-electron chi connectivity index (χ0n) is 9.63. The average molecular weight is 292 g/mol. The topological polar surface area (TPSA) is 100 Å². The molecule has 2 saturated heterocycles. The van der Waals surface area contributed by atoms with Crippen LogP contribution in [0.15, 0.2) is 0 Å². The van der Waals surface area contributed by atoms with Crippen LogP contribution in [0.5, 0.6) is 0 Å². The second-order valence-electron chi connectivity index (χ2n) is 2.98. The standard InChI is InChI=1S/2C4H9NO.ClH.HO3P/c2*1-3-6-4-2-5-1;;1-4(2)3/h2*5H,1-4H2;1H;(H-,1,2,3)/p+1. The van der Waals surface area contributed by atoms with Crippen LogP contribution < -0.4 is 10.6 Å². The van der Waals surface area contributed by atoms with E-state index in [-0.39, 0.29) is 12.4 Å². The highest BCUT2D eigenvalue weighted by molar-refractivity contribution is 7.30. The molecular weight excluding hydrogens is 271 g/mol. The van der Waals surface area contributed by atoms with Gasteiger partial charge in [-0.25, -0.2) is 0 Å². The van der Waals surface area contributed by atoms with E-state index in [0.717, 1.165) is 52.6 Å². The quantitative estimate of drug-likeness (QED) is 0.436. The van der Waals surface area contributed by atoms with E-state index in [0.29, 0.717) is 0 Å². The highest BCUT2D eigenvalue weighted by atomic mass is 35.5. The second kappa shape index (κ2) is 16.1. The molecule has 9 heteroatoms. The Kier molecular flexibility index (Phi) is 18.5. The van der Waals surface area contributed by atoms with E-state index < -0.39 is 8.25 Å². The summed E-state index contributed by atoms with van der Waals surface area (Å²) in [7, 11) is -2.87. The fraction of sp³-hybridized carbons (Fsp3) is 1.00. The normalized spacial score (nSPS) is 18.5. The first-order valence-corrected chi connectivity index (χ1v) is 6.32. The molecule has 0 spiro atoms. The van der Waals surface area contributed by atoms with E-state index in [9.17, 15) is 0 Å². The van der Waals surface area contributed by atoms with Crippen molar-refractivity contribution in [2.24, 2.45) is 0 Å². The molecule has 0 bridgehead atoms. The van der Waals surface area contributed by atoms with Gasteiger partial charge in [0.15, 0.2) is 0 Å². The number of nitrogens with one attached hydrogen (secondary N) is 2. The summed E-state index contributed by atoms with van der Waals surface area (Å²) in [6.45, 7) is 7.67. The number of ether oxygens (including phenoxy) is 2. The molecule has 0 aromatic heterocycles. The van der Waals surface area contributed by atoms with Crippen molar-refractivity contribution < 1.29 is 23.8 Å². The van der Waals surface area contributed by atoms with Crippen LogP contribution in [0, 0.1) is 0 Å². The van der Waals surface area contributed by atoms with Gasteiger partial charge in [-0.2, -0.15) is 0 Å². The van der Waals surface area contributed by atoms with Crippen molar-refractivity contribution in [2.75, 3.05) is 52.6 Å². The molecule has 0 amide bonds. The van der Waals surface area contributed by atoms with Crippen molar-refractivity contribution in [1.82, 2.24) is 10.6 Å². The molecule has 0 aromatic rings. The first-order chi connectivity index (χ1) is 7.73. The first kappa shape index (κ1) is 19.5. The van der Waals surface area contributed by atoms with Crippen LogP contribution in [-0.4, -0.2) is 62.4 Å². The number of rotatable bonds is 0. The molecule has 7 nitrogen and oxygen atoms in total. The summed E-state index contributed by atoms with van der Waals surface area (Å²) in [5.74, 6) is 0. The summed E-state index contributed by atoms with van der Waals surface area (Å²) in [5, 5.41) is 6.32. The lowest BCUT2D eigenvalue weighted by atomic mass is 10.5. The van der Waals surface area contributed by atoms with Crippen LogP contribution in [0.4, 0.5) is 0 Å². The molecule has 0 aliphatic carbocycles. The van der Waals surface area contributed by atoms with Gasteiger partial charge >= 0.3 is 8.25 Å². The maximum atomic E-state index is 8.70. The number of morpholine rings is 2. The van der Waals surface area contributed by atoms with E-state index in [1.165, 1.54) is 0 Å². The Morgan fingerprint density at radius 1 is 0.824 bits per heavy atom. The third-order valence-electron chi connectivity index (χ3n) is 1.69. The second-order valence-corrected chi connectivity index (χ2v) is 3.48. The predicted octanol–water partition coefficient (Wildman–Crippen LogP) is -0.737. The fourth-order valence-corrected chi connectivity index (χ4v) is 1.03. The van der Waals surface area contributed by atoms with Crippen LogP contribution in [0.1, 0.15) is 0 Å². The van der Waals surface area contributed by atoms with Crippen LogP contribution in [-0.2, 0) is 14.0 Å².